The zero-order chi connectivity index (χ0) is 14.4. The number of ketones is 1. The predicted octanol–water partition coefficient (Wildman–Crippen LogP) is 1.99. The number of Topliss-reactive ketones (excluding diaryl/α,β-unsaturated/α-hetero) is 1. The van der Waals surface area contributed by atoms with Crippen molar-refractivity contribution in [1.82, 2.24) is 15.6 Å². The number of carbonyl (C=O) groups is 2. The Morgan fingerprint density at radius 2 is 1.80 bits per heavy atom. The fraction of sp³-hybridized carbons (Fsp3) is 0.571. The van der Waals surface area contributed by atoms with E-state index in [4.69, 9.17) is 0 Å². The molecule has 1 rings (SSSR count). The van der Waals surface area contributed by atoms with Gasteiger partial charge in [0.05, 0.1) is 0 Å². The number of carbonyl (C=O) groups excluding carboxylic acids is 2. The van der Waals surface area contributed by atoms with Gasteiger partial charge in [-0.25, -0.2) is 0 Å². The molecule has 0 saturated carbocycles. The van der Waals surface area contributed by atoms with Crippen LogP contribution in [0, 0.1) is 13.8 Å². The molecular weight excluding hydrogens is 278 g/mol. The smallest absolute Gasteiger partial charge is 0.268 e. The third kappa shape index (κ3) is 4.65. The zero-order valence-electron chi connectivity index (χ0n) is 12.6. The quantitative estimate of drug-likeness (QED) is 0.532. The number of H-pyrrole nitrogens is 1. The van der Waals surface area contributed by atoms with Gasteiger partial charge in [0.1, 0.15) is 5.69 Å². The first kappa shape index (κ1) is 18.7. The Balaban J connectivity index is 0.00000361. The first-order valence-electron chi connectivity index (χ1n) is 6.68. The van der Waals surface area contributed by atoms with E-state index in [2.05, 4.69) is 22.5 Å². The maximum absolute atomic E-state index is 12.0. The van der Waals surface area contributed by atoms with Gasteiger partial charge in [-0.05, 0) is 39.3 Å². The van der Waals surface area contributed by atoms with Gasteiger partial charge < -0.3 is 15.6 Å². The van der Waals surface area contributed by atoms with E-state index >= 15 is 0 Å². The number of hydrogen-bond acceptors (Lipinski definition) is 3. The summed E-state index contributed by atoms with van der Waals surface area (Å²) in [5.74, 6) is -0.179. The first-order valence-corrected chi connectivity index (χ1v) is 6.68. The first-order chi connectivity index (χ1) is 8.99. The molecule has 20 heavy (non-hydrogen) atoms. The van der Waals surface area contributed by atoms with E-state index in [1.54, 1.807) is 6.92 Å². The van der Waals surface area contributed by atoms with Crippen LogP contribution >= 0.6 is 12.4 Å². The largest absolute Gasteiger partial charge is 0.354 e. The Hall–Kier alpha value is -1.33. The lowest BCUT2D eigenvalue weighted by atomic mass is 10.1. The van der Waals surface area contributed by atoms with Crippen molar-refractivity contribution in [2.24, 2.45) is 0 Å². The van der Waals surface area contributed by atoms with Crippen LogP contribution < -0.4 is 10.6 Å². The summed E-state index contributed by atoms with van der Waals surface area (Å²) in [5.41, 5.74) is 2.58. The molecule has 1 amide bonds. The van der Waals surface area contributed by atoms with E-state index in [0.29, 0.717) is 17.8 Å². The fourth-order valence-electron chi connectivity index (χ4n) is 2.16. The minimum atomic E-state index is -0.161. The number of rotatable bonds is 7. The van der Waals surface area contributed by atoms with Crippen LogP contribution in [0.4, 0.5) is 0 Å². The van der Waals surface area contributed by atoms with Gasteiger partial charge in [0.25, 0.3) is 5.91 Å². The summed E-state index contributed by atoms with van der Waals surface area (Å²) in [5, 5.41) is 6.05. The molecule has 1 aromatic heterocycles. The Kier molecular flexibility index (Phi) is 8.18. The SMILES string of the molecule is CCCNCCNC(=O)c1[nH]c(C)c(C(C)=O)c1C.Cl. The number of halogens is 1. The van der Waals surface area contributed by atoms with Crippen molar-refractivity contribution in [1.29, 1.82) is 0 Å². The number of amides is 1. The maximum Gasteiger partial charge on any atom is 0.268 e. The summed E-state index contributed by atoms with van der Waals surface area (Å²) in [6.45, 7) is 9.49. The molecule has 1 heterocycles. The molecule has 114 valence electrons. The lowest BCUT2D eigenvalue weighted by molar-refractivity contribution is 0.0948. The second kappa shape index (κ2) is 8.76. The molecular formula is C14H24ClN3O2. The Morgan fingerprint density at radius 3 is 2.30 bits per heavy atom. The summed E-state index contributed by atoms with van der Waals surface area (Å²) in [7, 11) is 0. The zero-order valence-corrected chi connectivity index (χ0v) is 13.4. The number of nitrogens with one attached hydrogen (secondary N) is 3. The van der Waals surface area contributed by atoms with Gasteiger partial charge in [-0.1, -0.05) is 6.92 Å². The van der Waals surface area contributed by atoms with E-state index in [1.165, 1.54) is 6.92 Å². The van der Waals surface area contributed by atoms with Gasteiger partial charge in [0.2, 0.25) is 0 Å². The Morgan fingerprint density at radius 1 is 1.15 bits per heavy atom. The van der Waals surface area contributed by atoms with Crippen molar-refractivity contribution in [3.8, 4) is 0 Å². The van der Waals surface area contributed by atoms with Crippen molar-refractivity contribution < 1.29 is 9.59 Å². The third-order valence-corrected chi connectivity index (χ3v) is 3.03. The predicted molar refractivity (Wildman–Crippen MR) is 83.0 cm³/mol. The lowest BCUT2D eigenvalue weighted by Crippen LogP contribution is -2.32. The molecule has 0 spiro atoms. The molecule has 0 aliphatic rings. The minimum absolute atomic E-state index is 0. The second-order valence-corrected chi connectivity index (χ2v) is 4.69. The highest BCUT2D eigenvalue weighted by Gasteiger charge is 2.19. The highest BCUT2D eigenvalue weighted by atomic mass is 35.5. The van der Waals surface area contributed by atoms with Gasteiger partial charge in [0, 0.05) is 24.3 Å². The Bertz CT molecular complexity index is 469. The lowest BCUT2D eigenvalue weighted by Gasteiger charge is -2.05. The number of aromatic nitrogens is 1. The number of aromatic amines is 1. The van der Waals surface area contributed by atoms with E-state index in [-0.39, 0.29) is 24.1 Å². The van der Waals surface area contributed by atoms with E-state index < -0.39 is 0 Å². The maximum atomic E-state index is 12.0. The molecule has 3 N–H and O–H groups in total. The van der Waals surface area contributed by atoms with Crippen molar-refractivity contribution in [3.05, 3.63) is 22.5 Å². The van der Waals surface area contributed by atoms with E-state index in [1.807, 2.05) is 6.92 Å². The third-order valence-electron chi connectivity index (χ3n) is 3.03. The number of hydrogen-bond donors (Lipinski definition) is 3. The highest BCUT2D eigenvalue weighted by molar-refractivity contribution is 6.02. The fourth-order valence-corrected chi connectivity index (χ4v) is 2.16. The van der Waals surface area contributed by atoms with Crippen molar-refractivity contribution in [2.45, 2.75) is 34.1 Å². The molecule has 0 unspecified atom stereocenters. The molecule has 0 saturated heterocycles. The van der Waals surface area contributed by atoms with Crippen molar-refractivity contribution in [2.75, 3.05) is 19.6 Å². The summed E-state index contributed by atoms with van der Waals surface area (Å²) >= 11 is 0. The van der Waals surface area contributed by atoms with Crippen LogP contribution in [0.15, 0.2) is 0 Å². The summed E-state index contributed by atoms with van der Waals surface area (Å²) < 4.78 is 0. The minimum Gasteiger partial charge on any atom is -0.354 e. The Labute approximate surface area is 126 Å². The van der Waals surface area contributed by atoms with E-state index in [9.17, 15) is 9.59 Å². The van der Waals surface area contributed by atoms with Crippen molar-refractivity contribution in [3.63, 3.8) is 0 Å². The van der Waals surface area contributed by atoms with Gasteiger partial charge in [-0.3, -0.25) is 9.59 Å². The van der Waals surface area contributed by atoms with Gasteiger partial charge >= 0.3 is 0 Å². The molecule has 0 aliphatic heterocycles. The molecule has 0 atom stereocenters. The molecule has 0 bridgehead atoms. The van der Waals surface area contributed by atoms with Crippen LogP contribution in [-0.4, -0.2) is 36.3 Å². The molecule has 6 heteroatoms. The summed E-state index contributed by atoms with van der Waals surface area (Å²) in [6, 6.07) is 0. The van der Waals surface area contributed by atoms with E-state index in [0.717, 1.165) is 30.8 Å². The topological polar surface area (TPSA) is 74.0 Å². The van der Waals surface area contributed by atoms with Crippen LogP contribution in [0.25, 0.3) is 0 Å². The highest BCUT2D eigenvalue weighted by Crippen LogP contribution is 2.18. The summed E-state index contributed by atoms with van der Waals surface area (Å²) in [4.78, 5) is 26.5. The standard InChI is InChI=1S/C14H23N3O2.ClH/c1-5-6-15-7-8-16-14(19)13-9(2)12(11(4)18)10(3)17-13;/h15,17H,5-8H2,1-4H3,(H,16,19);1H. The normalized spacial score (nSPS) is 10.0. The average molecular weight is 302 g/mol. The average Bonchev–Trinajstić information content (AvgIpc) is 2.64. The van der Waals surface area contributed by atoms with Crippen LogP contribution in [0.3, 0.4) is 0 Å². The molecule has 0 fully saturated rings. The van der Waals surface area contributed by atoms with Gasteiger partial charge in [0.15, 0.2) is 5.78 Å². The molecule has 0 radical (unpaired) electrons. The van der Waals surface area contributed by atoms with Gasteiger partial charge in [-0.15, -0.1) is 12.4 Å². The number of aryl methyl sites for hydroxylation is 1. The molecule has 1 aromatic rings. The van der Waals surface area contributed by atoms with Crippen LogP contribution in [0.5, 0.6) is 0 Å². The van der Waals surface area contributed by atoms with Crippen LogP contribution in [0.2, 0.25) is 0 Å². The molecule has 0 aromatic carbocycles. The summed E-state index contributed by atoms with van der Waals surface area (Å²) in [6.07, 6.45) is 1.07. The van der Waals surface area contributed by atoms with Crippen molar-refractivity contribution >= 4 is 24.1 Å². The molecule has 5 nitrogen and oxygen atoms in total. The molecule has 0 aliphatic carbocycles. The van der Waals surface area contributed by atoms with Gasteiger partial charge in [-0.2, -0.15) is 0 Å². The van der Waals surface area contributed by atoms with Crippen LogP contribution in [0.1, 0.15) is 52.4 Å². The second-order valence-electron chi connectivity index (χ2n) is 4.69. The monoisotopic (exact) mass is 301 g/mol. The van der Waals surface area contributed by atoms with Crippen LogP contribution in [-0.2, 0) is 0 Å².